The smallest absolute Gasteiger partial charge is 0.260 e. The molecule has 0 aliphatic carbocycles. The first-order valence-electron chi connectivity index (χ1n) is 11.3. The van der Waals surface area contributed by atoms with Gasteiger partial charge in [-0.15, -0.1) is 10.2 Å². The summed E-state index contributed by atoms with van der Waals surface area (Å²) in [5.74, 6) is 0.173. The molecule has 0 spiro atoms. The highest BCUT2D eigenvalue weighted by Crippen LogP contribution is 2.25. The van der Waals surface area contributed by atoms with E-state index in [-0.39, 0.29) is 5.91 Å². The van der Waals surface area contributed by atoms with Gasteiger partial charge in [0.15, 0.2) is 5.82 Å². The molecule has 0 saturated carbocycles. The van der Waals surface area contributed by atoms with Crippen LogP contribution >= 0.6 is 0 Å². The van der Waals surface area contributed by atoms with Crippen molar-refractivity contribution >= 4 is 22.6 Å². The summed E-state index contributed by atoms with van der Waals surface area (Å²) in [6.07, 6.45) is 9.32. The maximum absolute atomic E-state index is 12.8. The molecule has 0 atom stereocenters. The Morgan fingerprint density at radius 3 is 2.58 bits per heavy atom. The molecule has 0 radical (unpaired) electrons. The van der Waals surface area contributed by atoms with Crippen LogP contribution in [0.25, 0.3) is 22.0 Å². The Hall–Kier alpha value is -3.59. The van der Waals surface area contributed by atoms with Crippen molar-refractivity contribution in [2.24, 2.45) is 7.05 Å². The zero-order chi connectivity index (χ0) is 22.9. The first-order chi connectivity index (χ1) is 16.0. The van der Waals surface area contributed by atoms with Crippen LogP contribution in [0.4, 0.5) is 5.82 Å². The lowest BCUT2D eigenvalue weighted by molar-refractivity contribution is 0.102. The van der Waals surface area contributed by atoms with Crippen molar-refractivity contribution in [2.75, 3.05) is 18.4 Å². The first kappa shape index (κ1) is 21.3. The molecule has 9 heteroatoms. The molecular formula is C24H28N8O. The van der Waals surface area contributed by atoms with Crippen LogP contribution in [-0.2, 0) is 7.05 Å². The monoisotopic (exact) mass is 444 g/mol. The summed E-state index contributed by atoms with van der Waals surface area (Å²) in [4.78, 5) is 15.3. The number of nitrogens with zero attached hydrogens (tertiary/aromatic N) is 7. The van der Waals surface area contributed by atoms with Crippen LogP contribution in [0.1, 0.15) is 43.1 Å². The molecule has 9 nitrogen and oxygen atoms in total. The van der Waals surface area contributed by atoms with Crippen molar-refractivity contribution in [3.8, 4) is 11.1 Å². The van der Waals surface area contributed by atoms with Crippen LogP contribution in [0.3, 0.4) is 0 Å². The molecule has 170 valence electrons. The van der Waals surface area contributed by atoms with Gasteiger partial charge in [0.2, 0.25) is 0 Å². The standard InChI is InChI=1S/C24H28N8O/c1-16(2)31-8-6-21(7-9-31)32-15-20(13-26-32)24(33)27-23-11-18-10-17(4-5-22(18)28-29-23)19-12-25-30(3)14-19/h4-5,10-16,21H,6-9H2,1-3H3,(H,27,29,33). The number of rotatable bonds is 5. The molecule has 0 unspecified atom stereocenters. The summed E-state index contributed by atoms with van der Waals surface area (Å²) >= 11 is 0. The highest BCUT2D eigenvalue weighted by atomic mass is 16.1. The van der Waals surface area contributed by atoms with E-state index in [0.717, 1.165) is 48.0 Å². The molecular weight excluding hydrogens is 416 g/mol. The number of anilines is 1. The number of benzene rings is 1. The summed E-state index contributed by atoms with van der Waals surface area (Å²) in [6, 6.07) is 8.67. The van der Waals surface area contributed by atoms with Gasteiger partial charge in [-0.3, -0.25) is 14.2 Å². The lowest BCUT2D eigenvalue weighted by Crippen LogP contribution is -2.39. The van der Waals surface area contributed by atoms with Crippen molar-refractivity contribution in [1.82, 2.24) is 34.7 Å². The zero-order valence-corrected chi connectivity index (χ0v) is 19.1. The number of aromatic nitrogens is 6. The van der Waals surface area contributed by atoms with E-state index < -0.39 is 0 Å². The van der Waals surface area contributed by atoms with Crippen LogP contribution in [-0.4, -0.2) is 59.7 Å². The van der Waals surface area contributed by atoms with E-state index in [4.69, 9.17) is 0 Å². The number of nitrogens with one attached hydrogen (secondary N) is 1. The number of amides is 1. The normalized spacial score (nSPS) is 15.4. The van der Waals surface area contributed by atoms with E-state index in [9.17, 15) is 4.79 Å². The van der Waals surface area contributed by atoms with Crippen LogP contribution in [0.2, 0.25) is 0 Å². The number of carbonyl (C=O) groups excluding carboxylic acids is 1. The van der Waals surface area contributed by atoms with Gasteiger partial charge in [0.05, 0.1) is 29.5 Å². The van der Waals surface area contributed by atoms with Gasteiger partial charge in [0, 0.05) is 49.5 Å². The fourth-order valence-electron chi connectivity index (χ4n) is 4.37. The lowest BCUT2D eigenvalue weighted by atomic mass is 10.0. The average Bonchev–Trinajstić information content (AvgIpc) is 3.48. The molecule has 1 aromatic carbocycles. The van der Waals surface area contributed by atoms with Crippen molar-refractivity contribution in [1.29, 1.82) is 0 Å². The average molecular weight is 445 g/mol. The third-order valence-corrected chi connectivity index (χ3v) is 6.33. The number of carbonyl (C=O) groups is 1. The molecule has 1 amide bonds. The number of aryl methyl sites for hydroxylation is 1. The number of piperidine rings is 1. The number of fused-ring (bicyclic) bond motifs is 1. The fourth-order valence-corrected chi connectivity index (χ4v) is 4.37. The SMILES string of the molecule is CC(C)N1CCC(n2cc(C(=O)Nc3cc4cc(-c5cnn(C)c5)ccc4nn3)cn2)CC1. The highest BCUT2D eigenvalue weighted by Gasteiger charge is 2.23. The van der Waals surface area contributed by atoms with Crippen LogP contribution in [0, 0.1) is 0 Å². The zero-order valence-electron chi connectivity index (χ0n) is 19.1. The largest absolute Gasteiger partial charge is 0.305 e. The minimum absolute atomic E-state index is 0.238. The summed E-state index contributed by atoms with van der Waals surface area (Å²) in [6.45, 7) is 6.56. The second-order valence-corrected chi connectivity index (χ2v) is 8.93. The van der Waals surface area contributed by atoms with Gasteiger partial charge in [-0.25, -0.2) is 0 Å². The van der Waals surface area contributed by atoms with Gasteiger partial charge in [-0.2, -0.15) is 10.2 Å². The van der Waals surface area contributed by atoms with Gasteiger partial charge in [-0.1, -0.05) is 6.07 Å². The molecule has 1 aliphatic rings. The third-order valence-electron chi connectivity index (χ3n) is 6.33. The van der Waals surface area contributed by atoms with Crippen molar-refractivity contribution in [3.63, 3.8) is 0 Å². The van der Waals surface area contributed by atoms with E-state index in [2.05, 4.69) is 44.5 Å². The molecule has 1 N–H and O–H groups in total. The minimum atomic E-state index is -0.238. The Kier molecular flexibility index (Phi) is 5.63. The summed E-state index contributed by atoms with van der Waals surface area (Å²) < 4.78 is 3.70. The molecule has 1 saturated heterocycles. The van der Waals surface area contributed by atoms with Gasteiger partial charge in [-0.05, 0) is 50.5 Å². The van der Waals surface area contributed by atoms with Gasteiger partial charge in [0.25, 0.3) is 5.91 Å². The highest BCUT2D eigenvalue weighted by molar-refractivity contribution is 6.04. The van der Waals surface area contributed by atoms with E-state index in [1.54, 1.807) is 10.9 Å². The fraction of sp³-hybridized carbons (Fsp3) is 0.375. The van der Waals surface area contributed by atoms with Crippen molar-refractivity contribution < 1.29 is 4.79 Å². The Labute approximate surface area is 192 Å². The van der Waals surface area contributed by atoms with Crippen LogP contribution in [0.15, 0.2) is 49.1 Å². The molecule has 0 bridgehead atoms. The molecule has 1 aliphatic heterocycles. The maximum Gasteiger partial charge on any atom is 0.260 e. The predicted octanol–water partition coefficient (Wildman–Crippen LogP) is 3.52. The predicted molar refractivity (Wildman–Crippen MR) is 127 cm³/mol. The number of hydrogen-bond donors (Lipinski definition) is 1. The first-order valence-corrected chi connectivity index (χ1v) is 11.3. The summed E-state index contributed by atoms with van der Waals surface area (Å²) in [5.41, 5.74) is 3.34. The van der Waals surface area contributed by atoms with E-state index >= 15 is 0 Å². The Bertz CT molecular complexity index is 1280. The lowest BCUT2D eigenvalue weighted by Gasteiger charge is -2.34. The number of hydrogen-bond acceptors (Lipinski definition) is 6. The molecule has 5 rings (SSSR count). The van der Waals surface area contributed by atoms with E-state index in [0.29, 0.717) is 23.5 Å². The molecule has 33 heavy (non-hydrogen) atoms. The van der Waals surface area contributed by atoms with E-state index in [1.807, 2.05) is 54.6 Å². The van der Waals surface area contributed by atoms with Gasteiger partial charge < -0.3 is 10.2 Å². The van der Waals surface area contributed by atoms with Crippen molar-refractivity contribution in [2.45, 2.75) is 38.8 Å². The second kappa shape index (κ2) is 8.74. The molecule has 1 fully saturated rings. The summed E-state index contributed by atoms with van der Waals surface area (Å²) in [7, 11) is 1.89. The molecule has 4 heterocycles. The topological polar surface area (TPSA) is 93.8 Å². The van der Waals surface area contributed by atoms with Crippen LogP contribution < -0.4 is 5.32 Å². The van der Waals surface area contributed by atoms with Crippen LogP contribution in [0.5, 0.6) is 0 Å². The second-order valence-electron chi connectivity index (χ2n) is 8.93. The Balaban J connectivity index is 1.29. The third kappa shape index (κ3) is 4.49. The Morgan fingerprint density at radius 2 is 1.85 bits per heavy atom. The Morgan fingerprint density at radius 1 is 1.03 bits per heavy atom. The molecule has 4 aromatic rings. The van der Waals surface area contributed by atoms with Gasteiger partial charge >= 0.3 is 0 Å². The quantitative estimate of drug-likeness (QED) is 0.506. The maximum atomic E-state index is 12.8. The summed E-state index contributed by atoms with van der Waals surface area (Å²) in [5, 5.41) is 20.9. The van der Waals surface area contributed by atoms with Gasteiger partial charge in [0.1, 0.15) is 0 Å². The van der Waals surface area contributed by atoms with E-state index in [1.165, 1.54) is 0 Å². The minimum Gasteiger partial charge on any atom is -0.305 e. The van der Waals surface area contributed by atoms with Crippen molar-refractivity contribution in [3.05, 3.63) is 54.6 Å². The molecule has 3 aromatic heterocycles. The number of likely N-dealkylation sites (tertiary alicyclic amines) is 1.